The lowest BCUT2D eigenvalue weighted by molar-refractivity contribution is 0.273. The zero-order valence-corrected chi connectivity index (χ0v) is 13.1. The summed E-state index contributed by atoms with van der Waals surface area (Å²) in [4.78, 5) is 2.65. The molecule has 20 heavy (non-hydrogen) atoms. The minimum absolute atomic E-state index is 0.358. The molecule has 2 rings (SSSR count). The molecular formula is C18H30N2. The molecule has 1 aliphatic rings. The second kappa shape index (κ2) is 7.80. The Balaban J connectivity index is 1.70. The van der Waals surface area contributed by atoms with Gasteiger partial charge in [-0.25, -0.2) is 0 Å². The van der Waals surface area contributed by atoms with Crippen molar-refractivity contribution in [2.24, 2.45) is 11.7 Å². The highest BCUT2D eigenvalue weighted by molar-refractivity contribution is 5.20. The van der Waals surface area contributed by atoms with Crippen LogP contribution in [0, 0.1) is 5.92 Å². The topological polar surface area (TPSA) is 29.3 Å². The molecule has 0 bridgehead atoms. The van der Waals surface area contributed by atoms with Gasteiger partial charge in [0, 0.05) is 19.1 Å². The van der Waals surface area contributed by atoms with Crippen molar-refractivity contribution in [2.45, 2.75) is 51.5 Å². The SMILES string of the molecule is CC(N)CCCC(C)CN1CCC(c2ccccc2)C1. The number of hydrogen-bond acceptors (Lipinski definition) is 2. The predicted molar refractivity (Wildman–Crippen MR) is 86.9 cm³/mol. The molecule has 0 radical (unpaired) electrons. The normalized spacial score (nSPS) is 22.9. The Labute approximate surface area is 124 Å². The number of benzene rings is 1. The molecule has 3 unspecified atom stereocenters. The molecule has 1 heterocycles. The van der Waals surface area contributed by atoms with E-state index in [0.717, 1.165) is 18.3 Å². The average molecular weight is 274 g/mol. The summed E-state index contributed by atoms with van der Waals surface area (Å²) in [5.41, 5.74) is 7.33. The van der Waals surface area contributed by atoms with Crippen LogP contribution < -0.4 is 5.73 Å². The third kappa shape index (κ3) is 4.92. The Morgan fingerprint density at radius 1 is 1.20 bits per heavy atom. The molecule has 0 amide bonds. The lowest BCUT2D eigenvalue weighted by atomic mass is 9.98. The highest BCUT2D eigenvalue weighted by atomic mass is 15.1. The molecule has 1 fully saturated rings. The van der Waals surface area contributed by atoms with E-state index >= 15 is 0 Å². The number of hydrogen-bond donors (Lipinski definition) is 1. The maximum Gasteiger partial charge on any atom is 0.00509 e. The Morgan fingerprint density at radius 2 is 1.95 bits per heavy atom. The molecule has 3 atom stereocenters. The summed E-state index contributed by atoms with van der Waals surface area (Å²) in [5, 5.41) is 0. The minimum atomic E-state index is 0.358. The van der Waals surface area contributed by atoms with Crippen molar-refractivity contribution in [3.05, 3.63) is 35.9 Å². The van der Waals surface area contributed by atoms with Crippen LogP contribution >= 0.6 is 0 Å². The van der Waals surface area contributed by atoms with E-state index in [4.69, 9.17) is 5.73 Å². The van der Waals surface area contributed by atoms with E-state index in [1.807, 2.05) is 0 Å². The van der Waals surface area contributed by atoms with Crippen LogP contribution in [0.5, 0.6) is 0 Å². The maximum absolute atomic E-state index is 5.81. The molecular weight excluding hydrogens is 244 g/mol. The molecule has 1 saturated heterocycles. The van der Waals surface area contributed by atoms with E-state index in [1.54, 1.807) is 0 Å². The molecule has 2 N–H and O–H groups in total. The summed E-state index contributed by atoms with van der Waals surface area (Å²) in [6.45, 7) is 8.24. The quantitative estimate of drug-likeness (QED) is 0.822. The van der Waals surface area contributed by atoms with Gasteiger partial charge >= 0.3 is 0 Å². The predicted octanol–water partition coefficient (Wildman–Crippen LogP) is 3.63. The second-order valence-corrected chi connectivity index (χ2v) is 6.67. The molecule has 0 spiro atoms. The number of nitrogens with zero attached hydrogens (tertiary/aromatic N) is 1. The molecule has 0 aliphatic carbocycles. The molecule has 1 aromatic carbocycles. The van der Waals surface area contributed by atoms with Gasteiger partial charge in [-0.3, -0.25) is 0 Å². The van der Waals surface area contributed by atoms with Crippen molar-refractivity contribution in [3.8, 4) is 0 Å². The van der Waals surface area contributed by atoms with Gasteiger partial charge in [0.05, 0.1) is 0 Å². The molecule has 112 valence electrons. The maximum atomic E-state index is 5.81. The van der Waals surface area contributed by atoms with Crippen molar-refractivity contribution in [1.82, 2.24) is 4.90 Å². The summed E-state index contributed by atoms with van der Waals surface area (Å²) in [6, 6.07) is 11.3. The Bertz CT molecular complexity index is 374. The fourth-order valence-electron chi connectivity index (χ4n) is 3.32. The highest BCUT2D eigenvalue weighted by Gasteiger charge is 2.24. The number of rotatable bonds is 7. The van der Waals surface area contributed by atoms with E-state index in [9.17, 15) is 0 Å². The van der Waals surface area contributed by atoms with Crippen LogP contribution in [0.4, 0.5) is 0 Å². The van der Waals surface area contributed by atoms with Gasteiger partial charge in [0.15, 0.2) is 0 Å². The van der Waals surface area contributed by atoms with Gasteiger partial charge in [-0.05, 0) is 50.1 Å². The third-order valence-corrected chi connectivity index (χ3v) is 4.47. The summed E-state index contributed by atoms with van der Waals surface area (Å²) in [7, 11) is 0. The van der Waals surface area contributed by atoms with Crippen molar-refractivity contribution in [3.63, 3.8) is 0 Å². The zero-order valence-electron chi connectivity index (χ0n) is 13.1. The van der Waals surface area contributed by atoms with Crippen LogP contribution in [0.1, 0.15) is 51.0 Å². The third-order valence-electron chi connectivity index (χ3n) is 4.47. The fourth-order valence-corrected chi connectivity index (χ4v) is 3.32. The van der Waals surface area contributed by atoms with Crippen molar-refractivity contribution < 1.29 is 0 Å². The van der Waals surface area contributed by atoms with E-state index in [-0.39, 0.29) is 0 Å². The van der Waals surface area contributed by atoms with Crippen molar-refractivity contribution >= 4 is 0 Å². The number of likely N-dealkylation sites (tertiary alicyclic amines) is 1. The average Bonchev–Trinajstić information content (AvgIpc) is 2.88. The second-order valence-electron chi connectivity index (χ2n) is 6.67. The van der Waals surface area contributed by atoms with Gasteiger partial charge in [0.1, 0.15) is 0 Å². The van der Waals surface area contributed by atoms with Crippen molar-refractivity contribution in [1.29, 1.82) is 0 Å². The molecule has 0 aromatic heterocycles. The first-order chi connectivity index (χ1) is 9.65. The standard InChI is InChI=1S/C18H30N2/c1-15(7-6-8-16(2)19)13-20-12-11-18(14-20)17-9-4-3-5-10-17/h3-5,9-10,15-16,18H,6-8,11-14,19H2,1-2H3. The zero-order chi connectivity index (χ0) is 14.4. The van der Waals surface area contributed by atoms with Gasteiger partial charge in [0.25, 0.3) is 0 Å². The number of nitrogens with two attached hydrogens (primary N) is 1. The van der Waals surface area contributed by atoms with Gasteiger partial charge in [-0.2, -0.15) is 0 Å². The molecule has 1 aliphatic heterocycles. The van der Waals surface area contributed by atoms with Crippen molar-refractivity contribution in [2.75, 3.05) is 19.6 Å². The Kier molecular flexibility index (Phi) is 6.06. The van der Waals surface area contributed by atoms with E-state index in [1.165, 1.54) is 44.5 Å². The van der Waals surface area contributed by atoms with Crippen LogP contribution in [0.3, 0.4) is 0 Å². The van der Waals surface area contributed by atoms with Crippen LogP contribution in [-0.2, 0) is 0 Å². The first-order valence-corrected chi connectivity index (χ1v) is 8.18. The lowest BCUT2D eigenvalue weighted by Crippen LogP contribution is -2.26. The minimum Gasteiger partial charge on any atom is -0.328 e. The fraction of sp³-hybridized carbons (Fsp3) is 0.667. The van der Waals surface area contributed by atoms with Crippen LogP contribution in [-0.4, -0.2) is 30.6 Å². The van der Waals surface area contributed by atoms with E-state index in [2.05, 4.69) is 49.1 Å². The lowest BCUT2D eigenvalue weighted by Gasteiger charge is -2.21. The van der Waals surface area contributed by atoms with E-state index < -0.39 is 0 Å². The first-order valence-electron chi connectivity index (χ1n) is 8.18. The van der Waals surface area contributed by atoms with Gasteiger partial charge in [-0.15, -0.1) is 0 Å². The summed E-state index contributed by atoms with van der Waals surface area (Å²) in [5.74, 6) is 1.54. The molecule has 0 saturated carbocycles. The van der Waals surface area contributed by atoms with Crippen LogP contribution in [0.2, 0.25) is 0 Å². The summed E-state index contributed by atoms with van der Waals surface area (Å²) in [6.07, 6.45) is 5.07. The molecule has 1 aromatic rings. The Hall–Kier alpha value is -0.860. The van der Waals surface area contributed by atoms with E-state index in [0.29, 0.717) is 6.04 Å². The van der Waals surface area contributed by atoms with Crippen LogP contribution in [0.15, 0.2) is 30.3 Å². The monoisotopic (exact) mass is 274 g/mol. The van der Waals surface area contributed by atoms with Gasteiger partial charge < -0.3 is 10.6 Å². The first kappa shape index (κ1) is 15.5. The largest absolute Gasteiger partial charge is 0.328 e. The molecule has 2 nitrogen and oxygen atoms in total. The smallest absolute Gasteiger partial charge is 0.00509 e. The summed E-state index contributed by atoms with van der Waals surface area (Å²) < 4.78 is 0. The highest BCUT2D eigenvalue weighted by Crippen LogP contribution is 2.27. The van der Waals surface area contributed by atoms with Gasteiger partial charge in [-0.1, -0.05) is 43.7 Å². The van der Waals surface area contributed by atoms with Gasteiger partial charge in [0.2, 0.25) is 0 Å². The molecule has 2 heteroatoms. The Morgan fingerprint density at radius 3 is 2.65 bits per heavy atom. The summed E-state index contributed by atoms with van der Waals surface area (Å²) >= 11 is 0. The van der Waals surface area contributed by atoms with Crippen LogP contribution in [0.25, 0.3) is 0 Å².